The van der Waals surface area contributed by atoms with E-state index in [1.165, 1.54) is 5.56 Å². The van der Waals surface area contributed by atoms with Crippen molar-refractivity contribution in [2.24, 2.45) is 5.73 Å². The molecular formula is C15H18N2O2. The molecule has 2 N–H and O–H groups in total. The number of amides is 1. The average molecular weight is 258 g/mol. The first-order valence-electron chi connectivity index (χ1n) is 6.25. The number of hydrogen-bond donors (Lipinski definition) is 1. The minimum Gasteiger partial charge on any atom is -0.467 e. The van der Waals surface area contributed by atoms with Gasteiger partial charge in [-0.2, -0.15) is 0 Å². The van der Waals surface area contributed by atoms with E-state index in [1.807, 2.05) is 43.3 Å². The molecule has 0 radical (unpaired) electrons. The largest absolute Gasteiger partial charge is 0.467 e. The van der Waals surface area contributed by atoms with Gasteiger partial charge in [-0.15, -0.1) is 0 Å². The molecule has 0 spiro atoms. The Morgan fingerprint density at radius 3 is 2.53 bits per heavy atom. The molecule has 1 aromatic carbocycles. The summed E-state index contributed by atoms with van der Waals surface area (Å²) in [6, 6.07) is 11.8. The molecule has 19 heavy (non-hydrogen) atoms. The van der Waals surface area contributed by atoms with Crippen LogP contribution in [0.25, 0.3) is 0 Å². The van der Waals surface area contributed by atoms with E-state index in [0.717, 1.165) is 11.3 Å². The lowest BCUT2D eigenvalue weighted by atomic mass is 10.1. The first-order valence-corrected chi connectivity index (χ1v) is 6.25. The highest BCUT2D eigenvalue weighted by Gasteiger charge is 2.14. The molecule has 0 saturated heterocycles. The first kappa shape index (κ1) is 13.4. The fourth-order valence-electron chi connectivity index (χ4n) is 1.87. The Morgan fingerprint density at radius 1 is 1.21 bits per heavy atom. The number of hydrogen-bond acceptors (Lipinski definition) is 3. The average Bonchev–Trinajstić information content (AvgIpc) is 2.92. The van der Waals surface area contributed by atoms with Gasteiger partial charge in [0.15, 0.2) is 0 Å². The zero-order valence-corrected chi connectivity index (χ0v) is 11.0. The maximum Gasteiger partial charge on any atom is 0.237 e. The zero-order valence-electron chi connectivity index (χ0n) is 11.0. The maximum atomic E-state index is 11.9. The summed E-state index contributed by atoms with van der Waals surface area (Å²) in [5.41, 5.74) is 7.74. The molecule has 0 atom stereocenters. The third-order valence-electron chi connectivity index (χ3n) is 2.95. The second-order valence-electron chi connectivity index (χ2n) is 4.52. The Bertz CT molecular complexity index is 518. The molecule has 0 fully saturated rings. The van der Waals surface area contributed by atoms with E-state index >= 15 is 0 Å². The van der Waals surface area contributed by atoms with Crippen molar-refractivity contribution in [3.63, 3.8) is 0 Å². The Labute approximate surface area is 112 Å². The number of rotatable bonds is 5. The van der Waals surface area contributed by atoms with Gasteiger partial charge in [-0.3, -0.25) is 4.79 Å². The number of furan rings is 1. The van der Waals surface area contributed by atoms with Gasteiger partial charge in [-0.25, -0.2) is 0 Å². The van der Waals surface area contributed by atoms with Gasteiger partial charge in [0.25, 0.3) is 0 Å². The highest BCUT2D eigenvalue weighted by molar-refractivity contribution is 5.77. The van der Waals surface area contributed by atoms with Crippen LogP contribution >= 0.6 is 0 Å². The van der Waals surface area contributed by atoms with Gasteiger partial charge in [0.1, 0.15) is 5.76 Å². The van der Waals surface area contributed by atoms with E-state index in [-0.39, 0.29) is 12.5 Å². The van der Waals surface area contributed by atoms with Crippen molar-refractivity contribution >= 4 is 5.91 Å². The first-order chi connectivity index (χ1) is 9.19. The lowest BCUT2D eigenvalue weighted by Crippen LogP contribution is -2.34. The zero-order chi connectivity index (χ0) is 13.7. The second-order valence-corrected chi connectivity index (χ2v) is 4.52. The van der Waals surface area contributed by atoms with Crippen molar-refractivity contribution in [3.05, 3.63) is 59.5 Å². The van der Waals surface area contributed by atoms with Crippen molar-refractivity contribution in [1.82, 2.24) is 4.90 Å². The molecule has 4 nitrogen and oxygen atoms in total. The molecule has 0 aliphatic heterocycles. The molecule has 1 heterocycles. The Kier molecular flexibility index (Phi) is 4.36. The van der Waals surface area contributed by atoms with E-state index in [9.17, 15) is 4.79 Å². The Balaban J connectivity index is 2.09. The molecule has 100 valence electrons. The highest BCUT2D eigenvalue weighted by Crippen LogP contribution is 2.11. The molecule has 1 aromatic heterocycles. The summed E-state index contributed by atoms with van der Waals surface area (Å²) in [6.45, 7) is 3.02. The van der Waals surface area contributed by atoms with E-state index in [2.05, 4.69) is 0 Å². The SMILES string of the molecule is Cc1ccc(CN(Cc2ccco2)C(=O)CN)cc1. The predicted octanol–water partition coefficient (Wildman–Crippen LogP) is 2.08. The minimum absolute atomic E-state index is 0.00652. The molecule has 0 bridgehead atoms. The van der Waals surface area contributed by atoms with Crippen LogP contribution in [0.4, 0.5) is 0 Å². The summed E-state index contributed by atoms with van der Waals surface area (Å²) in [4.78, 5) is 13.6. The van der Waals surface area contributed by atoms with Crippen LogP contribution in [0.2, 0.25) is 0 Å². The molecular weight excluding hydrogens is 240 g/mol. The lowest BCUT2D eigenvalue weighted by Gasteiger charge is -2.21. The van der Waals surface area contributed by atoms with Crippen LogP contribution in [-0.4, -0.2) is 17.4 Å². The van der Waals surface area contributed by atoms with Gasteiger partial charge >= 0.3 is 0 Å². The topological polar surface area (TPSA) is 59.5 Å². The van der Waals surface area contributed by atoms with Crippen LogP contribution in [0.1, 0.15) is 16.9 Å². The molecule has 1 amide bonds. The lowest BCUT2D eigenvalue weighted by molar-refractivity contribution is -0.131. The molecule has 0 aliphatic carbocycles. The van der Waals surface area contributed by atoms with E-state index < -0.39 is 0 Å². The normalized spacial score (nSPS) is 10.4. The van der Waals surface area contributed by atoms with Crippen molar-refractivity contribution < 1.29 is 9.21 Å². The molecule has 0 aliphatic rings. The third-order valence-corrected chi connectivity index (χ3v) is 2.95. The monoisotopic (exact) mass is 258 g/mol. The molecule has 0 unspecified atom stereocenters. The van der Waals surface area contributed by atoms with Crippen molar-refractivity contribution in [3.8, 4) is 0 Å². The Morgan fingerprint density at radius 2 is 1.95 bits per heavy atom. The van der Waals surface area contributed by atoms with Crippen LogP contribution in [-0.2, 0) is 17.9 Å². The molecule has 4 heteroatoms. The summed E-state index contributed by atoms with van der Waals surface area (Å²) in [7, 11) is 0. The van der Waals surface area contributed by atoms with Crippen LogP contribution in [0.3, 0.4) is 0 Å². The molecule has 0 saturated carbocycles. The number of aryl methyl sites for hydroxylation is 1. The summed E-state index contributed by atoms with van der Waals surface area (Å²) in [6.07, 6.45) is 1.60. The number of benzene rings is 1. The van der Waals surface area contributed by atoms with Crippen molar-refractivity contribution in [2.45, 2.75) is 20.0 Å². The van der Waals surface area contributed by atoms with E-state index in [1.54, 1.807) is 11.2 Å². The van der Waals surface area contributed by atoms with Crippen LogP contribution in [0.15, 0.2) is 47.1 Å². The van der Waals surface area contributed by atoms with Gasteiger partial charge in [-0.05, 0) is 24.6 Å². The molecule has 2 aromatic rings. The number of carbonyl (C=O) groups is 1. The summed E-state index contributed by atoms with van der Waals surface area (Å²) >= 11 is 0. The second kappa shape index (κ2) is 6.20. The standard InChI is InChI=1S/C15H18N2O2/c1-12-4-6-13(7-5-12)10-17(15(18)9-16)11-14-3-2-8-19-14/h2-8H,9-11,16H2,1H3. The fraction of sp³-hybridized carbons (Fsp3) is 0.267. The quantitative estimate of drug-likeness (QED) is 0.893. The summed E-state index contributed by atoms with van der Waals surface area (Å²) < 4.78 is 5.28. The van der Waals surface area contributed by atoms with Crippen LogP contribution in [0, 0.1) is 6.92 Å². The fourth-order valence-corrected chi connectivity index (χ4v) is 1.87. The van der Waals surface area contributed by atoms with Crippen LogP contribution in [0.5, 0.6) is 0 Å². The van der Waals surface area contributed by atoms with Gasteiger partial charge in [0.05, 0.1) is 19.4 Å². The van der Waals surface area contributed by atoms with Gasteiger partial charge < -0.3 is 15.1 Å². The van der Waals surface area contributed by atoms with Crippen LogP contribution < -0.4 is 5.73 Å². The Hall–Kier alpha value is -2.07. The number of nitrogens with zero attached hydrogens (tertiary/aromatic N) is 1. The van der Waals surface area contributed by atoms with E-state index in [0.29, 0.717) is 13.1 Å². The highest BCUT2D eigenvalue weighted by atomic mass is 16.3. The van der Waals surface area contributed by atoms with Crippen molar-refractivity contribution in [2.75, 3.05) is 6.54 Å². The molecule has 2 rings (SSSR count). The third kappa shape index (κ3) is 3.69. The van der Waals surface area contributed by atoms with Gasteiger partial charge in [0, 0.05) is 6.54 Å². The van der Waals surface area contributed by atoms with Gasteiger partial charge in [-0.1, -0.05) is 29.8 Å². The smallest absolute Gasteiger partial charge is 0.237 e. The van der Waals surface area contributed by atoms with Crippen molar-refractivity contribution in [1.29, 1.82) is 0 Å². The predicted molar refractivity (Wildman–Crippen MR) is 73.2 cm³/mol. The number of nitrogens with two attached hydrogens (primary N) is 1. The minimum atomic E-state index is -0.0861. The maximum absolute atomic E-state index is 11.9. The summed E-state index contributed by atoms with van der Waals surface area (Å²) in [5, 5.41) is 0. The van der Waals surface area contributed by atoms with Gasteiger partial charge in [0.2, 0.25) is 5.91 Å². The summed E-state index contributed by atoms with van der Waals surface area (Å²) in [5.74, 6) is 0.672. The van der Waals surface area contributed by atoms with E-state index in [4.69, 9.17) is 10.2 Å². The number of carbonyl (C=O) groups excluding carboxylic acids is 1.